The van der Waals surface area contributed by atoms with Gasteiger partial charge in [0.15, 0.2) is 5.75 Å². The van der Waals surface area contributed by atoms with Gasteiger partial charge >= 0.3 is 20.7 Å². The van der Waals surface area contributed by atoms with Crippen LogP contribution in [0.5, 0.6) is 5.75 Å². The summed E-state index contributed by atoms with van der Waals surface area (Å²) in [6.07, 6.45) is 0.220. The summed E-state index contributed by atoms with van der Waals surface area (Å²) in [5, 5.41) is 2.90. The van der Waals surface area contributed by atoms with E-state index >= 15 is 0 Å². The van der Waals surface area contributed by atoms with Crippen LogP contribution < -0.4 is 15.6 Å². The molecule has 0 aliphatic carbocycles. The highest BCUT2D eigenvalue weighted by Crippen LogP contribution is 2.44. The molecule has 0 saturated heterocycles. The first-order valence-electron chi connectivity index (χ1n) is 14.4. The summed E-state index contributed by atoms with van der Waals surface area (Å²) in [4.78, 5) is 24.9. The number of nitrogens with one attached hydrogen (secondary N) is 1. The van der Waals surface area contributed by atoms with Crippen molar-refractivity contribution >= 4 is 26.4 Å². The molecule has 0 spiro atoms. The molecule has 0 aromatic heterocycles. The summed E-state index contributed by atoms with van der Waals surface area (Å²) < 4.78 is 28.8. The Hall–Kier alpha value is -3.65. The molecule has 0 aliphatic heterocycles. The maximum absolute atomic E-state index is 12.6. The lowest BCUT2D eigenvalue weighted by molar-refractivity contribution is -0.147. The number of benzene rings is 3. The van der Waals surface area contributed by atoms with E-state index < -0.39 is 32.3 Å². The van der Waals surface area contributed by atoms with Gasteiger partial charge in [0.25, 0.3) is 0 Å². The Bertz CT molecular complexity index is 1240. The summed E-state index contributed by atoms with van der Waals surface area (Å²) in [5.74, 6) is -0.319. The molecule has 0 heterocycles. The number of amides is 1. The van der Waals surface area contributed by atoms with Gasteiger partial charge in [0.05, 0.1) is 31.4 Å². The van der Waals surface area contributed by atoms with Crippen molar-refractivity contribution in [1.82, 2.24) is 5.32 Å². The minimum atomic E-state index is -1.78. The number of nitrogen functional groups attached to an aromatic ring is 1. The highest BCUT2D eigenvalue weighted by atomic mass is 31.2. The van der Waals surface area contributed by atoms with Crippen LogP contribution in [0.1, 0.15) is 57.7 Å². The molecule has 0 saturated carbocycles. The lowest BCUT2D eigenvalue weighted by Gasteiger charge is -2.25. The fourth-order valence-electron chi connectivity index (χ4n) is 4.14. The molecule has 43 heavy (non-hydrogen) atoms. The van der Waals surface area contributed by atoms with Crippen molar-refractivity contribution in [3.05, 3.63) is 95.6 Å². The van der Waals surface area contributed by atoms with E-state index in [1.54, 1.807) is 46.8 Å². The fraction of sp³-hybridized carbons (Fsp3) is 0.394. The smallest absolute Gasteiger partial charge is 0.407 e. The van der Waals surface area contributed by atoms with E-state index in [1.807, 2.05) is 66.7 Å². The van der Waals surface area contributed by atoms with Crippen LogP contribution in [0.3, 0.4) is 0 Å². The first-order chi connectivity index (χ1) is 20.5. The summed E-state index contributed by atoms with van der Waals surface area (Å²) >= 11 is 0. The topological polar surface area (TPSA) is 118 Å². The van der Waals surface area contributed by atoms with Crippen LogP contribution in [-0.2, 0) is 43.0 Å². The largest absolute Gasteiger partial charge is 0.466 e. The number of nitrogens with two attached hydrogens (primary N) is 1. The number of anilines is 1. The summed E-state index contributed by atoms with van der Waals surface area (Å²) in [7, 11) is -1.78. The molecular weight excluding hydrogens is 567 g/mol. The first kappa shape index (κ1) is 33.8. The second kappa shape index (κ2) is 16.8. The van der Waals surface area contributed by atoms with Crippen molar-refractivity contribution in [1.29, 1.82) is 0 Å². The van der Waals surface area contributed by atoms with Crippen molar-refractivity contribution < 1.29 is 32.6 Å². The fourth-order valence-corrected chi connectivity index (χ4v) is 5.16. The van der Waals surface area contributed by atoms with Crippen LogP contribution in [0, 0.1) is 5.92 Å². The van der Waals surface area contributed by atoms with Crippen LogP contribution in [0.2, 0.25) is 0 Å². The lowest BCUT2D eigenvalue weighted by atomic mass is 9.96. The number of rotatable bonds is 15. The van der Waals surface area contributed by atoms with E-state index in [0.717, 1.165) is 16.7 Å². The average Bonchev–Trinajstić information content (AvgIpc) is 2.95. The van der Waals surface area contributed by atoms with Crippen LogP contribution in [0.15, 0.2) is 78.9 Å². The van der Waals surface area contributed by atoms with E-state index in [2.05, 4.69) is 5.32 Å². The zero-order chi connectivity index (χ0) is 31.2. The summed E-state index contributed by atoms with van der Waals surface area (Å²) in [5.41, 5.74) is 8.99. The standard InChI is InChI=1S/C33H43N2O7P/c1-6-38-31(36)24(2)19-28(35-32(37)41-33(3,4)5)20-27-17-18-30(29(34)21-27)42-43(39-22-25-13-9-7-10-14-25)40-23-26-15-11-8-12-16-26/h7-18,21,24,28H,6,19-20,22-23,34H2,1-5H3,(H,35,37)/t24?,28-/m1/s1. The highest BCUT2D eigenvalue weighted by Gasteiger charge is 2.25. The maximum atomic E-state index is 12.6. The molecule has 3 aromatic rings. The third-order valence-electron chi connectivity index (χ3n) is 6.14. The van der Waals surface area contributed by atoms with E-state index in [9.17, 15) is 9.59 Å². The Morgan fingerprint density at radius 2 is 1.47 bits per heavy atom. The molecule has 10 heteroatoms. The molecule has 232 valence electrons. The van der Waals surface area contributed by atoms with E-state index in [-0.39, 0.29) is 12.6 Å². The zero-order valence-corrected chi connectivity index (χ0v) is 26.5. The van der Waals surface area contributed by atoms with Crippen molar-refractivity contribution in [2.45, 2.75) is 72.3 Å². The number of carbonyl (C=O) groups excluding carboxylic acids is 2. The van der Waals surface area contributed by atoms with Crippen molar-refractivity contribution in [3.8, 4) is 5.75 Å². The van der Waals surface area contributed by atoms with Gasteiger partial charge in [-0.3, -0.25) is 13.8 Å². The number of ether oxygens (including phenoxy) is 2. The number of hydrogen-bond acceptors (Lipinski definition) is 8. The molecule has 3 N–H and O–H groups in total. The molecule has 0 aliphatic rings. The Morgan fingerprint density at radius 1 is 0.884 bits per heavy atom. The maximum Gasteiger partial charge on any atom is 0.407 e. The van der Waals surface area contributed by atoms with Gasteiger partial charge in [-0.25, -0.2) is 4.79 Å². The van der Waals surface area contributed by atoms with Gasteiger partial charge in [0.2, 0.25) is 0 Å². The quantitative estimate of drug-likeness (QED) is 0.104. The molecule has 3 aromatic carbocycles. The Morgan fingerprint density at radius 3 is 1.98 bits per heavy atom. The molecule has 1 unspecified atom stereocenters. The summed E-state index contributed by atoms with van der Waals surface area (Å²) in [6, 6.07) is 24.6. The van der Waals surface area contributed by atoms with Crippen molar-refractivity contribution in [3.63, 3.8) is 0 Å². The average molecular weight is 611 g/mol. The molecule has 1 amide bonds. The number of hydrogen-bond donors (Lipinski definition) is 2. The van der Waals surface area contributed by atoms with Crippen LogP contribution >= 0.6 is 8.60 Å². The first-order valence-corrected chi connectivity index (χ1v) is 15.5. The predicted molar refractivity (Wildman–Crippen MR) is 168 cm³/mol. The molecule has 0 bridgehead atoms. The Labute approximate surface area is 256 Å². The van der Waals surface area contributed by atoms with Crippen LogP contribution in [-0.4, -0.2) is 30.3 Å². The number of alkyl carbamates (subject to hydrolysis) is 1. The highest BCUT2D eigenvalue weighted by molar-refractivity contribution is 7.42. The third kappa shape index (κ3) is 12.6. The van der Waals surface area contributed by atoms with Gasteiger partial charge in [0, 0.05) is 6.04 Å². The van der Waals surface area contributed by atoms with Gasteiger partial charge in [-0.05, 0) is 69.4 Å². The van der Waals surface area contributed by atoms with Gasteiger partial charge in [-0.15, -0.1) is 0 Å². The minimum absolute atomic E-state index is 0.290. The molecule has 9 nitrogen and oxygen atoms in total. The molecule has 0 radical (unpaired) electrons. The monoisotopic (exact) mass is 610 g/mol. The van der Waals surface area contributed by atoms with E-state index in [0.29, 0.717) is 37.5 Å². The lowest BCUT2D eigenvalue weighted by Crippen LogP contribution is -2.41. The number of carbonyl (C=O) groups is 2. The van der Waals surface area contributed by atoms with Gasteiger partial charge in [-0.2, -0.15) is 0 Å². The SMILES string of the molecule is CCOC(=O)C(C)C[C@H](Cc1ccc(OP(OCc2ccccc2)OCc2ccccc2)c(N)c1)NC(=O)OC(C)(C)C. The summed E-state index contributed by atoms with van der Waals surface area (Å²) in [6.45, 7) is 9.85. The Kier molecular flexibility index (Phi) is 13.3. The van der Waals surface area contributed by atoms with E-state index in [4.69, 9.17) is 28.8 Å². The molecular formula is C33H43N2O7P. The van der Waals surface area contributed by atoms with Gasteiger partial charge in [0.1, 0.15) is 5.60 Å². The second-order valence-electron chi connectivity index (χ2n) is 11.1. The molecule has 0 fully saturated rings. The van der Waals surface area contributed by atoms with Gasteiger partial charge in [-0.1, -0.05) is 73.7 Å². The van der Waals surface area contributed by atoms with E-state index in [1.165, 1.54) is 0 Å². The molecule has 2 atom stereocenters. The zero-order valence-electron chi connectivity index (χ0n) is 25.6. The Balaban J connectivity index is 1.72. The molecule has 3 rings (SSSR count). The van der Waals surface area contributed by atoms with Crippen LogP contribution in [0.25, 0.3) is 0 Å². The van der Waals surface area contributed by atoms with Gasteiger partial charge < -0.3 is 25.0 Å². The second-order valence-corrected chi connectivity index (χ2v) is 12.3. The van der Waals surface area contributed by atoms with Crippen molar-refractivity contribution in [2.75, 3.05) is 12.3 Å². The normalized spacial score (nSPS) is 12.8. The number of esters is 1. The predicted octanol–water partition coefficient (Wildman–Crippen LogP) is 7.33. The third-order valence-corrected chi connectivity index (χ3v) is 7.16. The van der Waals surface area contributed by atoms with Crippen molar-refractivity contribution in [2.24, 2.45) is 5.92 Å². The minimum Gasteiger partial charge on any atom is -0.466 e. The van der Waals surface area contributed by atoms with Crippen LogP contribution in [0.4, 0.5) is 10.5 Å².